The molecule has 28 heavy (non-hydrogen) atoms. The van der Waals surface area contributed by atoms with Crippen molar-refractivity contribution in [1.29, 1.82) is 0 Å². The minimum Gasteiger partial charge on any atom is -0.504 e. The van der Waals surface area contributed by atoms with Crippen LogP contribution in [0.1, 0.15) is 42.3 Å². The molecular weight excluding hydrogens is 402 g/mol. The molecule has 0 aliphatic heterocycles. The van der Waals surface area contributed by atoms with Crippen molar-refractivity contribution >= 4 is 46.2 Å². The van der Waals surface area contributed by atoms with Gasteiger partial charge in [-0.2, -0.15) is 0 Å². The molecule has 0 aliphatic rings. The monoisotopic (exact) mass is 421 g/mol. The number of nitrogens with one attached hydrogen (secondary N) is 2. The van der Waals surface area contributed by atoms with Gasteiger partial charge in [-0.3, -0.25) is 20.2 Å². The van der Waals surface area contributed by atoms with Crippen molar-refractivity contribution in [2.24, 2.45) is 0 Å². The van der Waals surface area contributed by atoms with E-state index in [0.29, 0.717) is 5.56 Å². The Morgan fingerprint density at radius 2 is 1.89 bits per heavy atom. The van der Waals surface area contributed by atoms with Crippen molar-refractivity contribution in [1.82, 2.24) is 5.32 Å². The molecule has 2 rings (SSSR count). The number of carbonyl (C=O) groups excluding carboxylic acids is 1. The number of carbonyl (C=O) groups is 1. The van der Waals surface area contributed by atoms with Crippen LogP contribution in [0.5, 0.6) is 5.75 Å². The van der Waals surface area contributed by atoms with Gasteiger partial charge in [-0.1, -0.05) is 38.4 Å². The third-order valence-corrected chi connectivity index (χ3v) is 4.56. The largest absolute Gasteiger partial charge is 0.504 e. The molecule has 0 aliphatic carbocycles. The van der Waals surface area contributed by atoms with E-state index in [1.165, 1.54) is 18.2 Å². The van der Waals surface area contributed by atoms with Crippen molar-refractivity contribution < 1.29 is 14.8 Å². The Kier molecular flexibility index (Phi) is 6.26. The highest BCUT2D eigenvalue weighted by Crippen LogP contribution is 2.37. The molecule has 148 valence electrons. The van der Waals surface area contributed by atoms with Crippen molar-refractivity contribution in [3.63, 3.8) is 0 Å². The summed E-state index contributed by atoms with van der Waals surface area (Å²) in [7, 11) is 0. The van der Waals surface area contributed by atoms with E-state index in [4.69, 9.17) is 23.8 Å². The van der Waals surface area contributed by atoms with Gasteiger partial charge in [0.2, 0.25) is 0 Å². The maximum atomic E-state index is 12.4. The van der Waals surface area contributed by atoms with Gasteiger partial charge in [0, 0.05) is 17.2 Å². The molecule has 0 spiro atoms. The Balaban J connectivity index is 2.21. The molecule has 0 heterocycles. The molecule has 0 bridgehead atoms. The number of nitro groups is 1. The van der Waals surface area contributed by atoms with E-state index in [9.17, 15) is 20.0 Å². The van der Waals surface area contributed by atoms with Crippen LogP contribution in [0.2, 0.25) is 5.02 Å². The molecule has 3 N–H and O–H groups in total. The highest BCUT2D eigenvalue weighted by atomic mass is 35.5. The Bertz CT molecular complexity index is 970. The maximum absolute atomic E-state index is 12.4. The molecule has 0 saturated heterocycles. The number of benzene rings is 2. The number of nitrogens with zero attached hydrogens (tertiary/aromatic N) is 1. The van der Waals surface area contributed by atoms with E-state index in [1.807, 2.05) is 20.8 Å². The SMILES string of the molecule is Cc1ccc(C(=O)NC(=S)Nc2cc(C(C)(C)C)cc(Cl)c2O)cc1[N+](=O)[O-]. The molecule has 0 unspecified atom stereocenters. The first-order valence-corrected chi connectivity index (χ1v) is 9.09. The second-order valence-corrected chi connectivity index (χ2v) is 8.09. The predicted molar refractivity (Wildman–Crippen MR) is 113 cm³/mol. The summed E-state index contributed by atoms with van der Waals surface area (Å²) in [6.07, 6.45) is 0. The average Bonchev–Trinajstić information content (AvgIpc) is 2.57. The third-order valence-electron chi connectivity index (χ3n) is 4.07. The highest BCUT2D eigenvalue weighted by molar-refractivity contribution is 7.80. The zero-order valence-electron chi connectivity index (χ0n) is 15.8. The van der Waals surface area contributed by atoms with Gasteiger partial charge < -0.3 is 10.4 Å². The summed E-state index contributed by atoms with van der Waals surface area (Å²) in [6, 6.07) is 7.49. The Hall–Kier alpha value is -2.71. The molecule has 1 amide bonds. The molecule has 9 heteroatoms. The van der Waals surface area contributed by atoms with Gasteiger partial charge in [0.05, 0.1) is 15.6 Å². The van der Waals surface area contributed by atoms with E-state index < -0.39 is 10.8 Å². The summed E-state index contributed by atoms with van der Waals surface area (Å²) in [5.41, 5.74) is 1.26. The number of phenols is 1. The van der Waals surface area contributed by atoms with E-state index in [2.05, 4.69) is 10.6 Å². The average molecular weight is 422 g/mol. The van der Waals surface area contributed by atoms with Crippen LogP contribution in [0.15, 0.2) is 30.3 Å². The molecule has 2 aromatic rings. The van der Waals surface area contributed by atoms with Gasteiger partial charge in [0.1, 0.15) is 0 Å². The number of halogens is 1. The Morgan fingerprint density at radius 3 is 2.46 bits per heavy atom. The number of hydrogen-bond donors (Lipinski definition) is 3. The van der Waals surface area contributed by atoms with Gasteiger partial charge in [-0.25, -0.2) is 0 Å². The van der Waals surface area contributed by atoms with Gasteiger partial charge in [-0.05, 0) is 48.3 Å². The Morgan fingerprint density at radius 1 is 1.25 bits per heavy atom. The summed E-state index contributed by atoms with van der Waals surface area (Å²) in [4.78, 5) is 22.8. The number of phenolic OH excluding ortho intramolecular Hbond substituents is 1. The van der Waals surface area contributed by atoms with Crippen molar-refractivity contribution in [3.05, 3.63) is 62.2 Å². The minimum atomic E-state index is -0.613. The zero-order valence-corrected chi connectivity index (χ0v) is 17.4. The van der Waals surface area contributed by atoms with Crippen molar-refractivity contribution in [2.45, 2.75) is 33.1 Å². The number of rotatable bonds is 3. The van der Waals surface area contributed by atoms with E-state index in [-0.39, 0.29) is 38.2 Å². The number of nitro benzene ring substituents is 1. The first-order valence-electron chi connectivity index (χ1n) is 8.30. The van der Waals surface area contributed by atoms with Crippen LogP contribution < -0.4 is 10.6 Å². The third kappa shape index (κ3) is 4.96. The Labute approximate surface area is 172 Å². The summed E-state index contributed by atoms with van der Waals surface area (Å²) < 4.78 is 0. The first kappa shape index (κ1) is 21.6. The molecule has 7 nitrogen and oxygen atoms in total. The molecule has 0 radical (unpaired) electrons. The van der Waals surface area contributed by atoms with Gasteiger partial charge in [0.25, 0.3) is 11.6 Å². The summed E-state index contributed by atoms with van der Waals surface area (Å²) in [5.74, 6) is -0.810. The molecule has 0 saturated carbocycles. The lowest BCUT2D eigenvalue weighted by atomic mass is 9.87. The van der Waals surface area contributed by atoms with E-state index in [1.54, 1.807) is 19.1 Å². The smallest absolute Gasteiger partial charge is 0.273 e. The molecule has 0 fully saturated rings. The number of aromatic hydroxyl groups is 1. The van der Waals surface area contributed by atoms with Crippen LogP contribution >= 0.6 is 23.8 Å². The standard InChI is InChI=1S/C19H20ClN3O4S/c1-10-5-6-11(7-15(10)23(26)27)17(25)22-18(28)21-14-9-12(19(2,3)4)8-13(20)16(14)24/h5-9,24H,1-4H3,(H2,21,22,25,28). The van der Waals surface area contributed by atoms with E-state index >= 15 is 0 Å². The molecular formula is C19H20ClN3O4S. The second kappa shape index (κ2) is 8.12. The van der Waals surface area contributed by atoms with Crippen molar-refractivity contribution in [2.75, 3.05) is 5.32 Å². The van der Waals surface area contributed by atoms with Gasteiger partial charge >= 0.3 is 0 Å². The fraction of sp³-hybridized carbons (Fsp3) is 0.263. The number of amides is 1. The topological polar surface area (TPSA) is 104 Å². The normalized spacial score (nSPS) is 11.0. The molecule has 0 atom stereocenters. The number of hydrogen-bond acceptors (Lipinski definition) is 5. The number of thiocarbonyl (C=S) groups is 1. The zero-order chi connectivity index (χ0) is 21.2. The van der Waals surface area contributed by atoms with Crippen molar-refractivity contribution in [3.8, 4) is 5.75 Å². The predicted octanol–water partition coefficient (Wildman–Crippen LogP) is 4.69. The highest BCUT2D eigenvalue weighted by Gasteiger charge is 2.20. The summed E-state index contributed by atoms with van der Waals surface area (Å²) in [5, 5.41) is 26.5. The lowest BCUT2D eigenvalue weighted by Crippen LogP contribution is -2.34. The maximum Gasteiger partial charge on any atom is 0.273 e. The lowest BCUT2D eigenvalue weighted by Gasteiger charge is -2.21. The second-order valence-electron chi connectivity index (χ2n) is 7.27. The van der Waals surface area contributed by atoms with E-state index in [0.717, 1.165) is 5.56 Å². The van der Waals surface area contributed by atoms with Crippen LogP contribution in [-0.4, -0.2) is 21.0 Å². The van der Waals surface area contributed by atoms with Crippen LogP contribution in [-0.2, 0) is 5.41 Å². The summed E-state index contributed by atoms with van der Waals surface area (Å²) in [6.45, 7) is 7.55. The van der Waals surface area contributed by atoms with Crippen LogP contribution in [0.3, 0.4) is 0 Å². The quantitative estimate of drug-likeness (QED) is 0.287. The van der Waals surface area contributed by atoms with Crippen LogP contribution in [0, 0.1) is 17.0 Å². The van der Waals surface area contributed by atoms with Crippen LogP contribution in [0.25, 0.3) is 0 Å². The molecule has 2 aromatic carbocycles. The number of aryl methyl sites for hydroxylation is 1. The number of anilines is 1. The van der Waals surface area contributed by atoms with Gasteiger partial charge in [-0.15, -0.1) is 0 Å². The first-order chi connectivity index (χ1) is 12.9. The lowest BCUT2D eigenvalue weighted by molar-refractivity contribution is -0.385. The van der Waals surface area contributed by atoms with Gasteiger partial charge in [0.15, 0.2) is 10.9 Å². The van der Waals surface area contributed by atoms with Crippen LogP contribution in [0.4, 0.5) is 11.4 Å². The fourth-order valence-electron chi connectivity index (χ4n) is 2.40. The minimum absolute atomic E-state index is 0.0781. The summed E-state index contributed by atoms with van der Waals surface area (Å²) >= 11 is 11.2. The fourth-order valence-corrected chi connectivity index (χ4v) is 2.83. The molecule has 0 aromatic heterocycles.